The minimum Gasteiger partial charge on any atom is -0.355 e. The first-order valence-electron chi connectivity index (χ1n) is 16.2. The molecule has 3 saturated heterocycles. The van der Waals surface area contributed by atoms with Gasteiger partial charge in [0.15, 0.2) is 8.38 Å². The molecule has 3 aliphatic heterocycles. The number of hydrogen-bond donors (Lipinski definition) is 3. The van der Waals surface area contributed by atoms with Crippen molar-refractivity contribution in [1.29, 1.82) is 0 Å². The van der Waals surface area contributed by atoms with Crippen LogP contribution in [-0.2, 0) is 15.8 Å². The summed E-state index contributed by atoms with van der Waals surface area (Å²) >= 11 is 0. The molecule has 7 rings (SSSR count). The molecular weight excluding hydrogens is 587 g/mol. The first-order valence-corrected chi connectivity index (χ1v) is 17.6. The van der Waals surface area contributed by atoms with Crippen LogP contribution >= 0.6 is 8.38 Å². The van der Waals surface area contributed by atoms with Gasteiger partial charge in [-0.15, -0.1) is 0 Å². The molecule has 10 heteroatoms. The summed E-state index contributed by atoms with van der Waals surface area (Å²) in [6, 6.07) is 20.0. The van der Waals surface area contributed by atoms with Crippen LogP contribution in [0, 0.1) is 0 Å². The van der Waals surface area contributed by atoms with E-state index in [2.05, 4.69) is 39.5 Å². The fourth-order valence-corrected chi connectivity index (χ4v) is 7.40. The highest BCUT2D eigenvalue weighted by atomic mass is 31.2. The number of nitrogens with one attached hydrogen (secondary N) is 1. The lowest BCUT2D eigenvalue weighted by atomic mass is 9.96. The predicted octanol–water partition coefficient (Wildman–Crippen LogP) is 5.50. The second kappa shape index (κ2) is 15.3. The van der Waals surface area contributed by atoms with Crippen molar-refractivity contribution in [3.05, 3.63) is 77.5 Å². The van der Waals surface area contributed by atoms with Crippen molar-refractivity contribution in [3.63, 3.8) is 0 Å². The van der Waals surface area contributed by atoms with Crippen LogP contribution in [0.4, 0.5) is 0 Å². The van der Waals surface area contributed by atoms with Gasteiger partial charge >= 0.3 is 0 Å². The van der Waals surface area contributed by atoms with E-state index in [0.717, 1.165) is 44.1 Å². The predicted molar refractivity (Wildman–Crippen MR) is 177 cm³/mol. The van der Waals surface area contributed by atoms with Crippen molar-refractivity contribution in [2.45, 2.75) is 87.9 Å². The number of carbonyl (C=O) groups is 3. The van der Waals surface area contributed by atoms with Gasteiger partial charge in [0.25, 0.3) is 5.91 Å². The summed E-state index contributed by atoms with van der Waals surface area (Å²) in [5.41, 5.74) is 3.44. The third kappa shape index (κ3) is 8.46. The lowest BCUT2D eigenvalue weighted by Crippen LogP contribution is -2.36. The van der Waals surface area contributed by atoms with Gasteiger partial charge in [-0.25, -0.2) is 0 Å². The van der Waals surface area contributed by atoms with Gasteiger partial charge in [-0.1, -0.05) is 55.3 Å². The summed E-state index contributed by atoms with van der Waals surface area (Å²) in [5.74, 6) is 0.798. The summed E-state index contributed by atoms with van der Waals surface area (Å²) in [7, 11) is -0.427. The number of nitrogens with zero attached hydrogens (tertiary/aromatic N) is 3. The average Bonchev–Trinajstić information content (AvgIpc) is 3.51. The van der Waals surface area contributed by atoms with E-state index in [1.165, 1.54) is 50.5 Å². The molecule has 3 aromatic rings. The molecule has 0 bridgehead atoms. The fraction of sp³-hybridized carbons (Fsp3) is 0.486. The molecule has 2 aromatic carbocycles. The van der Waals surface area contributed by atoms with Crippen molar-refractivity contribution >= 4 is 37.5 Å². The van der Waals surface area contributed by atoms with Crippen molar-refractivity contribution in [2.75, 3.05) is 20.1 Å². The summed E-state index contributed by atoms with van der Waals surface area (Å²) in [5, 5.41) is 3.46. The van der Waals surface area contributed by atoms with E-state index in [0.29, 0.717) is 34.6 Å². The lowest BCUT2D eigenvalue weighted by molar-refractivity contribution is -0.132. The Morgan fingerprint density at radius 2 is 1.80 bits per heavy atom. The molecular formula is C35H45N4O5P. The minimum absolute atomic E-state index is 0.134. The third-order valence-electron chi connectivity index (χ3n) is 9.55. The fourth-order valence-electron chi connectivity index (χ4n) is 6.93. The van der Waals surface area contributed by atoms with Crippen LogP contribution in [0.25, 0.3) is 10.9 Å². The number of amides is 3. The zero-order valence-corrected chi connectivity index (χ0v) is 27.0. The van der Waals surface area contributed by atoms with Gasteiger partial charge in [0, 0.05) is 60.7 Å². The SMILES string of the molecule is CNC(=O)c1ccc2ccc(CP(O)O)nc2c1.O=C1CCCCCC2CCCN12.O=CN1CC(c2ccccc2)CC12CC2. The molecule has 3 amide bonds. The van der Waals surface area contributed by atoms with Gasteiger partial charge in [-0.3, -0.25) is 19.4 Å². The normalized spacial score (nSPS) is 21.6. The smallest absolute Gasteiger partial charge is 0.251 e. The number of benzene rings is 2. The van der Waals surface area contributed by atoms with E-state index < -0.39 is 8.38 Å². The highest BCUT2D eigenvalue weighted by molar-refractivity contribution is 7.44. The second-order valence-electron chi connectivity index (χ2n) is 12.6. The highest BCUT2D eigenvalue weighted by Gasteiger charge is 2.53. The van der Waals surface area contributed by atoms with E-state index in [9.17, 15) is 14.4 Å². The standard InChI is InChI=1S/C13H15NO.C12H13N2O3P.C10H17NO/c15-10-14-9-12(8-13(14)6-7-13)11-4-2-1-3-5-11;1-13-12(15)9-3-2-8-4-5-10(7-18(16)17)14-11(8)6-9;12-10-7-3-1-2-5-9-6-4-8-11(9)10/h1-5,10,12H,6-9H2;2-6,16-17H,7H2,1H3,(H,13,15);9H,1-8H2. The molecule has 1 aliphatic carbocycles. The maximum atomic E-state index is 11.6. The minimum atomic E-state index is -2.00. The van der Waals surface area contributed by atoms with Crippen LogP contribution in [0.5, 0.6) is 0 Å². The zero-order valence-electron chi connectivity index (χ0n) is 26.1. The van der Waals surface area contributed by atoms with Gasteiger partial charge in [0.05, 0.1) is 11.7 Å². The Morgan fingerprint density at radius 3 is 2.49 bits per heavy atom. The number of hydrogen-bond acceptors (Lipinski definition) is 6. The van der Waals surface area contributed by atoms with Crippen LogP contribution in [0.15, 0.2) is 60.7 Å². The van der Waals surface area contributed by atoms with Crippen LogP contribution in [0.2, 0.25) is 0 Å². The summed E-state index contributed by atoms with van der Waals surface area (Å²) < 4.78 is 0. The van der Waals surface area contributed by atoms with Gasteiger partial charge < -0.3 is 24.9 Å². The summed E-state index contributed by atoms with van der Waals surface area (Å²) in [6.45, 7) is 1.94. The maximum Gasteiger partial charge on any atom is 0.251 e. The molecule has 4 heterocycles. The van der Waals surface area contributed by atoms with Gasteiger partial charge in [-0.05, 0) is 68.7 Å². The van der Waals surface area contributed by atoms with Crippen molar-refractivity contribution in [1.82, 2.24) is 20.1 Å². The van der Waals surface area contributed by atoms with E-state index in [-0.39, 0.29) is 17.6 Å². The molecule has 0 radical (unpaired) electrons. The summed E-state index contributed by atoms with van der Waals surface area (Å²) in [6.07, 6.45) is 13.0. The van der Waals surface area contributed by atoms with Crippen molar-refractivity contribution < 1.29 is 24.2 Å². The average molecular weight is 633 g/mol. The summed E-state index contributed by atoms with van der Waals surface area (Å²) in [4.78, 5) is 60.4. The number of fused-ring (bicyclic) bond motifs is 2. The second-order valence-corrected chi connectivity index (χ2v) is 13.7. The maximum absolute atomic E-state index is 11.6. The van der Waals surface area contributed by atoms with Gasteiger partial charge in [0.1, 0.15) is 0 Å². The Hall–Kier alpha value is -3.39. The van der Waals surface area contributed by atoms with E-state index in [1.807, 2.05) is 23.1 Å². The number of aromatic nitrogens is 1. The van der Waals surface area contributed by atoms with E-state index >= 15 is 0 Å². The molecule has 240 valence electrons. The molecule has 1 saturated carbocycles. The van der Waals surface area contributed by atoms with Crippen LogP contribution in [0.1, 0.15) is 91.7 Å². The molecule has 1 spiro atoms. The van der Waals surface area contributed by atoms with E-state index in [4.69, 9.17) is 9.79 Å². The highest BCUT2D eigenvalue weighted by Crippen LogP contribution is 2.53. The Balaban J connectivity index is 0.000000136. The Kier molecular flexibility index (Phi) is 11.2. The Labute approximate surface area is 266 Å². The topological polar surface area (TPSA) is 123 Å². The largest absolute Gasteiger partial charge is 0.355 e. The lowest BCUT2D eigenvalue weighted by Gasteiger charge is -2.26. The third-order valence-corrected chi connectivity index (χ3v) is 10.2. The molecule has 1 aromatic heterocycles. The first-order chi connectivity index (χ1) is 21.8. The van der Waals surface area contributed by atoms with Crippen molar-refractivity contribution in [2.24, 2.45) is 0 Å². The molecule has 45 heavy (non-hydrogen) atoms. The molecule has 9 nitrogen and oxygen atoms in total. The van der Waals surface area contributed by atoms with Crippen LogP contribution in [-0.4, -0.2) is 74.5 Å². The Morgan fingerprint density at radius 1 is 1.04 bits per heavy atom. The number of likely N-dealkylation sites (tertiary alicyclic amines) is 1. The molecule has 2 atom stereocenters. The molecule has 2 unspecified atom stereocenters. The van der Waals surface area contributed by atoms with E-state index in [1.54, 1.807) is 25.2 Å². The van der Waals surface area contributed by atoms with Gasteiger partial charge in [-0.2, -0.15) is 0 Å². The Bertz CT molecular complexity index is 1460. The molecule has 4 aliphatic rings. The van der Waals surface area contributed by atoms with Crippen molar-refractivity contribution in [3.8, 4) is 0 Å². The van der Waals surface area contributed by atoms with Crippen LogP contribution < -0.4 is 5.32 Å². The quantitative estimate of drug-likeness (QED) is 0.252. The molecule has 4 fully saturated rings. The number of carbonyl (C=O) groups excluding carboxylic acids is 3. The first kappa shape index (κ1) is 33.0. The zero-order chi connectivity index (χ0) is 31.8. The number of pyridine rings is 1. The molecule has 3 N–H and O–H groups in total. The van der Waals surface area contributed by atoms with Crippen LogP contribution in [0.3, 0.4) is 0 Å². The monoisotopic (exact) mass is 632 g/mol. The van der Waals surface area contributed by atoms with Gasteiger partial charge in [0.2, 0.25) is 12.3 Å². The number of rotatable bonds is 5.